The highest BCUT2D eigenvalue weighted by Gasteiger charge is 2.36. The van der Waals surface area contributed by atoms with Gasteiger partial charge in [0.25, 0.3) is 11.1 Å². The zero-order chi connectivity index (χ0) is 17.3. The predicted molar refractivity (Wildman–Crippen MR) is 100 cm³/mol. The van der Waals surface area contributed by atoms with Crippen LogP contribution in [0, 0.1) is 6.92 Å². The summed E-state index contributed by atoms with van der Waals surface area (Å²) in [6.45, 7) is 6.18. The molecule has 0 N–H and O–H groups in total. The third kappa shape index (κ3) is 3.15. The molecule has 0 aliphatic carbocycles. The van der Waals surface area contributed by atoms with Crippen LogP contribution in [-0.4, -0.2) is 11.1 Å². The number of imide groups is 1. The molecule has 122 valence electrons. The molecule has 1 aliphatic heterocycles. The molecule has 0 atom stereocenters. The van der Waals surface area contributed by atoms with Crippen LogP contribution in [0.4, 0.5) is 10.5 Å². The minimum atomic E-state index is -0.257. The molecule has 0 spiro atoms. The molecule has 1 fully saturated rings. The maximum absolute atomic E-state index is 12.7. The molecule has 24 heavy (non-hydrogen) atoms. The summed E-state index contributed by atoms with van der Waals surface area (Å²) in [6, 6.07) is 15.5. The summed E-state index contributed by atoms with van der Waals surface area (Å²) >= 11 is 0.989. The Labute approximate surface area is 146 Å². The highest BCUT2D eigenvalue weighted by molar-refractivity contribution is 8.19. The fourth-order valence-electron chi connectivity index (χ4n) is 2.62. The number of hydrogen-bond acceptors (Lipinski definition) is 3. The Morgan fingerprint density at radius 2 is 1.67 bits per heavy atom. The molecular formula is C20H19NO2S. The van der Waals surface area contributed by atoms with Gasteiger partial charge in [-0.25, -0.2) is 4.90 Å². The van der Waals surface area contributed by atoms with Gasteiger partial charge in [-0.1, -0.05) is 56.3 Å². The van der Waals surface area contributed by atoms with Crippen molar-refractivity contribution in [2.24, 2.45) is 0 Å². The summed E-state index contributed by atoms with van der Waals surface area (Å²) in [5, 5.41) is -0.251. The van der Waals surface area contributed by atoms with E-state index in [9.17, 15) is 9.59 Å². The van der Waals surface area contributed by atoms with Crippen LogP contribution in [0.5, 0.6) is 0 Å². The molecule has 4 heteroatoms. The summed E-state index contributed by atoms with van der Waals surface area (Å²) in [5.41, 5.74) is 3.73. The van der Waals surface area contributed by atoms with E-state index in [0.29, 0.717) is 16.5 Å². The molecule has 0 aromatic heterocycles. The number of para-hydroxylation sites is 1. The number of hydrogen-bond donors (Lipinski definition) is 0. The average Bonchev–Trinajstić information content (AvgIpc) is 2.83. The van der Waals surface area contributed by atoms with Gasteiger partial charge in [0, 0.05) is 0 Å². The first-order chi connectivity index (χ1) is 11.5. The Balaban J connectivity index is 1.90. The Bertz CT molecular complexity index is 822. The van der Waals surface area contributed by atoms with Crippen LogP contribution in [0.25, 0.3) is 6.08 Å². The Hall–Kier alpha value is -2.33. The third-order valence-corrected chi connectivity index (χ3v) is 4.92. The quantitative estimate of drug-likeness (QED) is 0.708. The molecule has 0 unspecified atom stereocenters. The van der Waals surface area contributed by atoms with Gasteiger partial charge in [0.1, 0.15) is 0 Å². The second-order valence-electron chi connectivity index (χ2n) is 6.12. The van der Waals surface area contributed by atoms with Gasteiger partial charge in [-0.05, 0) is 53.4 Å². The molecule has 2 amide bonds. The first-order valence-electron chi connectivity index (χ1n) is 7.91. The lowest BCUT2D eigenvalue weighted by molar-refractivity contribution is -0.113. The molecule has 2 aromatic rings. The zero-order valence-corrected chi connectivity index (χ0v) is 14.8. The van der Waals surface area contributed by atoms with Crippen molar-refractivity contribution in [3.05, 3.63) is 70.1 Å². The molecule has 1 saturated heterocycles. The monoisotopic (exact) mass is 337 g/mol. The van der Waals surface area contributed by atoms with E-state index < -0.39 is 0 Å². The first kappa shape index (κ1) is 16.5. The number of nitrogens with zero attached hydrogens (tertiary/aromatic N) is 1. The molecule has 0 saturated carbocycles. The SMILES string of the molecule is Cc1ccccc1N1C(=O)S/C(=C\c2ccc(C(C)C)cc2)C1=O. The van der Waals surface area contributed by atoms with E-state index in [1.54, 1.807) is 12.1 Å². The largest absolute Gasteiger partial charge is 0.298 e. The molecule has 0 bridgehead atoms. The van der Waals surface area contributed by atoms with E-state index in [1.165, 1.54) is 10.5 Å². The van der Waals surface area contributed by atoms with E-state index in [4.69, 9.17) is 0 Å². The number of rotatable bonds is 3. The van der Waals surface area contributed by atoms with Crippen LogP contribution >= 0.6 is 11.8 Å². The second kappa shape index (κ2) is 6.65. The summed E-state index contributed by atoms with van der Waals surface area (Å²) in [6.07, 6.45) is 1.78. The van der Waals surface area contributed by atoms with Crippen molar-refractivity contribution in [1.29, 1.82) is 0 Å². The topological polar surface area (TPSA) is 37.4 Å². The molecule has 2 aromatic carbocycles. The first-order valence-corrected chi connectivity index (χ1v) is 8.72. The molecular weight excluding hydrogens is 318 g/mol. The van der Waals surface area contributed by atoms with E-state index >= 15 is 0 Å². The van der Waals surface area contributed by atoms with Crippen LogP contribution < -0.4 is 4.90 Å². The van der Waals surface area contributed by atoms with Gasteiger partial charge in [0.05, 0.1) is 10.6 Å². The predicted octanol–water partition coefficient (Wildman–Crippen LogP) is 5.36. The van der Waals surface area contributed by atoms with E-state index in [-0.39, 0.29) is 11.1 Å². The molecule has 1 aliphatic rings. The van der Waals surface area contributed by atoms with Gasteiger partial charge in [0.2, 0.25) is 0 Å². The van der Waals surface area contributed by atoms with E-state index in [1.807, 2.05) is 37.3 Å². The van der Waals surface area contributed by atoms with Crippen molar-refractivity contribution in [3.63, 3.8) is 0 Å². The second-order valence-corrected chi connectivity index (χ2v) is 7.12. The maximum Gasteiger partial charge on any atom is 0.298 e. The fourth-order valence-corrected chi connectivity index (χ4v) is 3.45. The average molecular weight is 337 g/mol. The van der Waals surface area contributed by atoms with E-state index in [2.05, 4.69) is 26.0 Å². The number of thioether (sulfide) groups is 1. The number of aryl methyl sites for hydroxylation is 1. The van der Waals surface area contributed by atoms with Crippen LogP contribution in [0.15, 0.2) is 53.4 Å². The Morgan fingerprint density at radius 3 is 2.29 bits per heavy atom. The van der Waals surface area contributed by atoms with Crippen LogP contribution in [-0.2, 0) is 4.79 Å². The van der Waals surface area contributed by atoms with Crippen LogP contribution in [0.1, 0.15) is 36.5 Å². The fraction of sp³-hybridized carbons (Fsp3) is 0.200. The van der Waals surface area contributed by atoms with Gasteiger partial charge in [-0.2, -0.15) is 0 Å². The number of anilines is 1. The molecule has 3 rings (SSSR count). The lowest BCUT2D eigenvalue weighted by atomic mass is 10.0. The van der Waals surface area contributed by atoms with Crippen molar-refractivity contribution in [2.75, 3.05) is 4.90 Å². The maximum atomic E-state index is 12.7. The third-order valence-electron chi connectivity index (χ3n) is 4.05. The van der Waals surface area contributed by atoms with Crippen molar-refractivity contribution in [3.8, 4) is 0 Å². The lowest BCUT2D eigenvalue weighted by Crippen LogP contribution is -2.28. The summed E-state index contributed by atoms with van der Waals surface area (Å²) in [7, 11) is 0. The smallest absolute Gasteiger partial charge is 0.268 e. The summed E-state index contributed by atoms with van der Waals surface area (Å²) in [5.74, 6) is 0.208. The zero-order valence-electron chi connectivity index (χ0n) is 13.9. The normalized spacial score (nSPS) is 16.5. The number of carbonyl (C=O) groups is 2. The minimum absolute atomic E-state index is 0.251. The summed E-state index contributed by atoms with van der Waals surface area (Å²) in [4.78, 5) is 26.7. The molecule has 0 radical (unpaired) electrons. The molecule has 3 nitrogen and oxygen atoms in total. The number of amides is 2. The van der Waals surface area contributed by atoms with Crippen molar-refractivity contribution in [1.82, 2.24) is 0 Å². The van der Waals surface area contributed by atoms with Crippen molar-refractivity contribution >= 4 is 34.7 Å². The van der Waals surface area contributed by atoms with Crippen LogP contribution in [0.3, 0.4) is 0 Å². The van der Waals surface area contributed by atoms with Gasteiger partial charge in [-0.15, -0.1) is 0 Å². The van der Waals surface area contributed by atoms with Gasteiger partial charge >= 0.3 is 0 Å². The molecule has 1 heterocycles. The van der Waals surface area contributed by atoms with Crippen molar-refractivity contribution in [2.45, 2.75) is 26.7 Å². The highest BCUT2D eigenvalue weighted by Crippen LogP contribution is 2.36. The standard InChI is InChI=1S/C20H19NO2S/c1-13(2)16-10-8-15(9-11-16)12-18-19(22)21(20(23)24-18)17-7-5-4-6-14(17)3/h4-13H,1-3H3/b18-12-. The van der Waals surface area contributed by atoms with Gasteiger partial charge in [0.15, 0.2) is 0 Å². The Morgan fingerprint density at radius 1 is 1.00 bits per heavy atom. The number of carbonyl (C=O) groups excluding carboxylic acids is 2. The Kier molecular flexibility index (Phi) is 4.58. The van der Waals surface area contributed by atoms with Crippen molar-refractivity contribution < 1.29 is 9.59 Å². The highest BCUT2D eigenvalue weighted by atomic mass is 32.2. The minimum Gasteiger partial charge on any atom is -0.268 e. The van der Waals surface area contributed by atoms with E-state index in [0.717, 1.165) is 22.9 Å². The summed E-state index contributed by atoms with van der Waals surface area (Å²) < 4.78 is 0. The van der Waals surface area contributed by atoms with Gasteiger partial charge < -0.3 is 0 Å². The lowest BCUT2D eigenvalue weighted by Gasteiger charge is -2.14. The van der Waals surface area contributed by atoms with Gasteiger partial charge in [-0.3, -0.25) is 9.59 Å². The van der Waals surface area contributed by atoms with Crippen LogP contribution in [0.2, 0.25) is 0 Å². The number of benzene rings is 2.